The van der Waals surface area contributed by atoms with Crippen molar-refractivity contribution in [2.75, 3.05) is 0 Å². The predicted octanol–water partition coefficient (Wildman–Crippen LogP) is 2.10. The second kappa shape index (κ2) is 5.65. The Bertz CT molecular complexity index is 563. The van der Waals surface area contributed by atoms with Crippen LogP contribution in [0, 0.1) is 6.92 Å². The summed E-state index contributed by atoms with van der Waals surface area (Å²) in [7, 11) is 0. The number of benzene rings is 1. The Labute approximate surface area is 112 Å². The van der Waals surface area contributed by atoms with Crippen molar-refractivity contribution in [3.05, 3.63) is 41.7 Å². The minimum Gasteiger partial charge on any atom is -0.350 e. The lowest BCUT2D eigenvalue weighted by molar-refractivity contribution is 0.0939. The fourth-order valence-electron chi connectivity index (χ4n) is 1.75. The van der Waals surface area contributed by atoms with Gasteiger partial charge in [-0.2, -0.15) is 15.0 Å². The van der Waals surface area contributed by atoms with Crippen molar-refractivity contribution < 1.29 is 4.79 Å². The number of hydrogen-bond donors (Lipinski definition) is 1. The third-order valence-electron chi connectivity index (χ3n) is 3.02. The van der Waals surface area contributed by atoms with Crippen LogP contribution in [0.2, 0.25) is 0 Å². The van der Waals surface area contributed by atoms with Gasteiger partial charge in [-0.15, -0.1) is 0 Å². The third-order valence-corrected chi connectivity index (χ3v) is 3.02. The van der Waals surface area contributed by atoms with Gasteiger partial charge in [-0.05, 0) is 32.4 Å². The van der Waals surface area contributed by atoms with Gasteiger partial charge in [-0.25, -0.2) is 0 Å². The minimum absolute atomic E-state index is 0.0923. The van der Waals surface area contributed by atoms with E-state index in [1.807, 2.05) is 39.0 Å². The summed E-state index contributed by atoms with van der Waals surface area (Å²) in [5, 5.41) is 11.1. The maximum atomic E-state index is 12.3. The Hall–Kier alpha value is -2.17. The molecule has 0 aliphatic rings. The van der Waals surface area contributed by atoms with Gasteiger partial charge in [0.05, 0.1) is 23.6 Å². The summed E-state index contributed by atoms with van der Waals surface area (Å²) >= 11 is 0. The van der Waals surface area contributed by atoms with Crippen LogP contribution in [0.3, 0.4) is 0 Å². The highest BCUT2D eigenvalue weighted by atomic mass is 16.1. The largest absolute Gasteiger partial charge is 0.350 e. The summed E-state index contributed by atoms with van der Waals surface area (Å²) in [4.78, 5) is 13.8. The Morgan fingerprint density at radius 1 is 1.37 bits per heavy atom. The molecule has 0 aliphatic heterocycles. The van der Waals surface area contributed by atoms with Crippen LogP contribution >= 0.6 is 0 Å². The van der Waals surface area contributed by atoms with E-state index in [-0.39, 0.29) is 11.9 Å². The Kier molecular flexibility index (Phi) is 3.94. The first-order valence-corrected chi connectivity index (χ1v) is 6.40. The van der Waals surface area contributed by atoms with Crippen LogP contribution < -0.4 is 5.32 Å². The Morgan fingerprint density at radius 3 is 2.68 bits per heavy atom. The number of hydrogen-bond acceptors (Lipinski definition) is 3. The molecule has 1 amide bonds. The van der Waals surface area contributed by atoms with E-state index in [0.29, 0.717) is 11.3 Å². The van der Waals surface area contributed by atoms with E-state index in [4.69, 9.17) is 0 Å². The Balaban J connectivity index is 2.38. The first kappa shape index (κ1) is 13.3. The molecule has 0 saturated heterocycles. The molecule has 1 heterocycles. The zero-order valence-corrected chi connectivity index (χ0v) is 11.4. The number of carbonyl (C=O) groups excluding carboxylic acids is 1. The van der Waals surface area contributed by atoms with Crippen molar-refractivity contribution >= 4 is 5.91 Å². The van der Waals surface area contributed by atoms with Gasteiger partial charge in [-0.3, -0.25) is 4.79 Å². The van der Waals surface area contributed by atoms with Crippen molar-refractivity contribution in [3.8, 4) is 5.69 Å². The molecule has 0 saturated carbocycles. The van der Waals surface area contributed by atoms with Gasteiger partial charge >= 0.3 is 0 Å². The molecule has 1 atom stereocenters. The van der Waals surface area contributed by atoms with E-state index < -0.39 is 0 Å². The van der Waals surface area contributed by atoms with Gasteiger partial charge in [0.25, 0.3) is 5.91 Å². The maximum absolute atomic E-state index is 12.3. The number of carbonyl (C=O) groups is 1. The summed E-state index contributed by atoms with van der Waals surface area (Å²) in [6.07, 6.45) is 4.08. The fraction of sp³-hybridized carbons (Fsp3) is 0.357. The molecule has 0 unspecified atom stereocenters. The number of rotatable bonds is 4. The van der Waals surface area contributed by atoms with E-state index in [0.717, 1.165) is 12.0 Å². The molecule has 5 nitrogen and oxygen atoms in total. The molecule has 19 heavy (non-hydrogen) atoms. The van der Waals surface area contributed by atoms with Gasteiger partial charge in [0.2, 0.25) is 0 Å². The van der Waals surface area contributed by atoms with Crippen molar-refractivity contribution in [1.29, 1.82) is 0 Å². The summed E-state index contributed by atoms with van der Waals surface area (Å²) in [5.41, 5.74) is 2.32. The molecule has 2 rings (SSSR count). The minimum atomic E-state index is -0.0923. The molecule has 100 valence electrons. The highest BCUT2D eigenvalue weighted by Gasteiger charge is 2.15. The zero-order chi connectivity index (χ0) is 13.8. The lowest BCUT2D eigenvalue weighted by Gasteiger charge is -2.14. The molecule has 0 spiro atoms. The zero-order valence-electron chi connectivity index (χ0n) is 11.4. The summed E-state index contributed by atoms with van der Waals surface area (Å²) in [6, 6.07) is 5.81. The smallest absolute Gasteiger partial charge is 0.253 e. The molecular weight excluding hydrogens is 240 g/mol. The number of amides is 1. The summed E-state index contributed by atoms with van der Waals surface area (Å²) in [6.45, 7) is 5.98. The van der Waals surface area contributed by atoms with Crippen LogP contribution in [-0.4, -0.2) is 26.9 Å². The normalized spacial score (nSPS) is 12.2. The van der Waals surface area contributed by atoms with Crippen LogP contribution in [0.25, 0.3) is 5.69 Å². The molecule has 1 N–H and O–H groups in total. The van der Waals surface area contributed by atoms with E-state index >= 15 is 0 Å². The molecule has 1 aromatic carbocycles. The van der Waals surface area contributed by atoms with Gasteiger partial charge in [-0.1, -0.05) is 18.6 Å². The molecule has 5 heteroatoms. The molecule has 1 aromatic heterocycles. The third kappa shape index (κ3) is 2.99. The lowest BCUT2D eigenvalue weighted by Crippen LogP contribution is -2.32. The van der Waals surface area contributed by atoms with Crippen LogP contribution in [0.5, 0.6) is 0 Å². The quantitative estimate of drug-likeness (QED) is 0.913. The van der Waals surface area contributed by atoms with Gasteiger partial charge in [0, 0.05) is 6.04 Å². The molecule has 2 aromatic rings. The van der Waals surface area contributed by atoms with Crippen LogP contribution in [0.1, 0.15) is 36.2 Å². The van der Waals surface area contributed by atoms with E-state index in [1.165, 1.54) is 4.80 Å². The molecule has 0 bridgehead atoms. The average Bonchev–Trinajstić information content (AvgIpc) is 2.92. The standard InChI is InChI=1S/C14H18N4O/c1-4-11(3)17-14(19)12-9-10(2)5-6-13(12)18-15-7-8-16-18/h5-9,11H,4H2,1-3H3,(H,17,19)/t11-/m0/s1. The van der Waals surface area contributed by atoms with Crippen LogP contribution in [0.4, 0.5) is 0 Å². The highest BCUT2D eigenvalue weighted by Crippen LogP contribution is 2.15. The summed E-state index contributed by atoms with van der Waals surface area (Å²) in [5.74, 6) is -0.0923. The van der Waals surface area contributed by atoms with Crippen molar-refractivity contribution in [2.45, 2.75) is 33.2 Å². The molecule has 0 fully saturated rings. The number of nitrogens with one attached hydrogen (secondary N) is 1. The van der Waals surface area contributed by atoms with E-state index in [1.54, 1.807) is 12.4 Å². The molecule has 0 aliphatic carbocycles. The predicted molar refractivity (Wildman–Crippen MR) is 73.3 cm³/mol. The van der Waals surface area contributed by atoms with E-state index in [2.05, 4.69) is 15.5 Å². The average molecular weight is 258 g/mol. The van der Waals surface area contributed by atoms with E-state index in [9.17, 15) is 4.79 Å². The van der Waals surface area contributed by atoms with Gasteiger partial charge < -0.3 is 5.32 Å². The first-order valence-electron chi connectivity index (χ1n) is 6.40. The van der Waals surface area contributed by atoms with Gasteiger partial charge in [0.15, 0.2) is 0 Å². The molecule has 0 radical (unpaired) electrons. The number of nitrogens with zero attached hydrogens (tertiary/aromatic N) is 3. The second-order valence-electron chi connectivity index (χ2n) is 4.62. The van der Waals surface area contributed by atoms with Crippen molar-refractivity contribution in [3.63, 3.8) is 0 Å². The fourth-order valence-corrected chi connectivity index (χ4v) is 1.75. The maximum Gasteiger partial charge on any atom is 0.253 e. The number of aromatic nitrogens is 3. The SMILES string of the molecule is CC[C@H](C)NC(=O)c1cc(C)ccc1-n1nccn1. The number of aryl methyl sites for hydroxylation is 1. The van der Waals surface area contributed by atoms with Gasteiger partial charge in [0.1, 0.15) is 0 Å². The second-order valence-corrected chi connectivity index (χ2v) is 4.62. The first-order chi connectivity index (χ1) is 9.11. The van der Waals surface area contributed by atoms with Crippen molar-refractivity contribution in [1.82, 2.24) is 20.3 Å². The Morgan fingerprint density at radius 2 is 2.05 bits per heavy atom. The monoisotopic (exact) mass is 258 g/mol. The van der Waals surface area contributed by atoms with Crippen molar-refractivity contribution in [2.24, 2.45) is 0 Å². The molecular formula is C14H18N4O. The summed E-state index contributed by atoms with van der Waals surface area (Å²) < 4.78 is 0. The highest BCUT2D eigenvalue weighted by molar-refractivity contribution is 5.98. The topological polar surface area (TPSA) is 59.8 Å². The van der Waals surface area contributed by atoms with Crippen LogP contribution in [0.15, 0.2) is 30.6 Å². The van der Waals surface area contributed by atoms with Crippen LogP contribution in [-0.2, 0) is 0 Å². The lowest BCUT2D eigenvalue weighted by atomic mass is 10.1.